The number of anilines is 1. The molecule has 2 rings (SSSR count). The molecule has 0 aliphatic rings. The normalized spacial score (nSPS) is 12.3. The average Bonchev–Trinajstić information content (AvgIpc) is 2.33. The van der Waals surface area contributed by atoms with E-state index >= 15 is 0 Å². The summed E-state index contributed by atoms with van der Waals surface area (Å²) in [5, 5.41) is 3.74. The van der Waals surface area contributed by atoms with Crippen LogP contribution in [0.1, 0.15) is 18.5 Å². The van der Waals surface area contributed by atoms with Crippen LogP contribution in [0, 0.1) is 11.6 Å². The third kappa shape index (κ3) is 3.45. The second kappa shape index (κ2) is 5.88. The number of hydrogen-bond donors (Lipinski definition) is 1. The molecule has 2 aromatic rings. The lowest BCUT2D eigenvalue weighted by Crippen LogP contribution is -2.08. The fourth-order valence-corrected chi connectivity index (χ4v) is 2.26. The van der Waals surface area contributed by atoms with E-state index in [2.05, 4.69) is 21.2 Å². The molecule has 100 valence electrons. The lowest BCUT2D eigenvalue weighted by atomic mass is 10.1. The van der Waals surface area contributed by atoms with Gasteiger partial charge in [0.25, 0.3) is 0 Å². The first-order valence-electron chi connectivity index (χ1n) is 5.64. The van der Waals surface area contributed by atoms with Gasteiger partial charge in [-0.2, -0.15) is 0 Å². The van der Waals surface area contributed by atoms with Gasteiger partial charge in [0.05, 0.1) is 11.1 Å². The highest BCUT2D eigenvalue weighted by Gasteiger charge is 2.12. The number of halogens is 4. The minimum atomic E-state index is -0.581. The summed E-state index contributed by atoms with van der Waals surface area (Å²) in [6.07, 6.45) is 0. The summed E-state index contributed by atoms with van der Waals surface area (Å²) in [5.74, 6) is -1.14. The molecule has 5 heteroatoms. The highest BCUT2D eigenvalue weighted by Crippen LogP contribution is 2.28. The maximum absolute atomic E-state index is 13.6. The zero-order valence-electron chi connectivity index (χ0n) is 10.1. The molecular weight excluding hydrogens is 336 g/mol. The summed E-state index contributed by atoms with van der Waals surface area (Å²) in [6.45, 7) is 1.80. The Morgan fingerprint density at radius 1 is 1.16 bits per heavy atom. The van der Waals surface area contributed by atoms with E-state index in [1.54, 1.807) is 25.1 Å². The van der Waals surface area contributed by atoms with Crippen LogP contribution in [0.4, 0.5) is 14.5 Å². The topological polar surface area (TPSA) is 12.0 Å². The van der Waals surface area contributed by atoms with Gasteiger partial charge in [0.2, 0.25) is 0 Å². The summed E-state index contributed by atoms with van der Waals surface area (Å²) < 4.78 is 27.2. The first kappa shape index (κ1) is 14.3. The van der Waals surface area contributed by atoms with Gasteiger partial charge in [-0.25, -0.2) is 8.78 Å². The highest BCUT2D eigenvalue weighted by molar-refractivity contribution is 9.10. The van der Waals surface area contributed by atoms with Crippen LogP contribution in [-0.2, 0) is 0 Å². The Morgan fingerprint density at radius 3 is 2.53 bits per heavy atom. The number of nitrogens with one attached hydrogen (secondary N) is 1. The number of benzene rings is 2. The molecule has 1 unspecified atom stereocenters. The molecule has 0 spiro atoms. The molecule has 2 aromatic carbocycles. The van der Waals surface area contributed by atoms with Crippen LogP contribution in [-0.4, -0.2) is 0 Å². The largest absolute Gasteiger partial charge is 0.378 e. The zero-order chi connectivity index (χ0) is 14.0. The van der Waals surface area contributed by atoms with E-state index in [0.717, 1.165) is 16.2 Å². The van der Waals surface area contributed by atoms with Crippen LogP contribution in [0.5, 0.6) is 0 Å². The highest BCUT2D eigenvalue weighted by atomic mass is 79.9. The quantitative estimate of drug-likeness (QED) is 0.768. The molecule has 0 bridgehead atoms. The third-order valence-corrected chi connectivity index (χ3v) is 3.95. The third-order valence-electron chi connectivity index (χ3n) is 2.73. The summed E-state index contributed by atoms with van der Waals surface area (Å²) in [4.78, 5) is 0. The van der Waals surface area contributed by atoms with Gasteiger partial charge >= 0.3 is 0 Å². The van der Waals surface area contributed by atoms with E-state index in [1.807, 2.05) is 0 Å². The number of rotatable bonds is 3. The fourth-order valence-electron chi connectivity index (χ4n) is 1.77. The molecule has 0 saturated heterocycles. The molecule has 0 aliphatic heterocycles. The standard InChI is InChI=1S/C14H11BrClF2N/c1-8(11-4-2-9(17)6-14(11)18)19-10-3-5-13(16)12(15)7-10/h2-8,19H,1H3. The van der Waals surface area contributed by atoms with Gasteiger partial charge in [0.15, 0.2) is 0 Å². The van der Waals surface area contributed by atoms with Crippen molar-refractivity contribution in [3.05, 3.63) is 63.1 Å². The predicted molar refractivity (Wildman–Crippen MR) is 77.5 cm³/mol. The maximum Gasteiger partial charge on any atom is 0.131 e. The van der Waals surface area contributed by atoms with E-state index in [9.17, 15) is 8.78 Å². The van der Waals surface area contributed by atoms with E-state index in [-0.39, 0.29) is 6.04 Å². The van der Waals surface area contributed by atoms with E-state index < -0.39 is 11.6 Å². The Bertz CT molecular complexity index is 604. The first-order valence-corrected chi connectivity index (χ1v) is 6.81. The molecule has 19 heavy (non-hydrogen) atoms. The van der Waals surface area contributed by atoms with Gasteiger partial charge in [0.1, 0.15) is 11.6 Å². The van der Waals surface area contributed by atoms with Crippen molar-refractivity contribution in [1.82, 2.24) is 0 Å². The van der Waals surface area contributed by atoms with Crippen molar-refractivity contribution in [2.24, 2.45) is 0 Å². The Kier molecular flexibility index (Phi) is 4.42. The minimum Gasteiger partial charge on any atom is -0.378 e. The van der Waals surface area contributed by atoms with Gasteiger partial charge in [-0.3, -0.25) is 0 Å². The molecule has 0 saturated carbocycles. The molecule has 0 fully saturated rings. The van der Waals surface area contributed by atoms with Crippen molar-refractivity contribution >= 4 is 33.2 Å². The van der Waals surface area contributed by atoms with Crippen LogP contribution in [0.15, 0.2) is 40.9 Å². The first-order chi connectivity index (χ1) is 8.97. The number of hydrogen-bond acceptors (Lipinski definition) is 1. The van der Waals surface area contributed by atoms with Crippen molar-refractivity contribution in [3.8, 4) is 0 Å². The molecule has 0 amide bonds. The fraction of sp³-hybridized carbons (Fsp3) is 0.143. The van der Waals surface area contributed by atoms with Crippen LogP contribution in [0.25, 0.3) is 0 Å². The zero-order valence-corrected chi connectivity index (χ0v) is 12.4. The average molecular weight is 347 g/mol. The van der Waals surface area contributed by atoms with E-state index in [4.69, 9.17) is 11.6 Å². The monoisotopic (exact) mass is 345 g/mol. The van der Waals surface area contributed by atoms with Gasteiger partial charge in [0, 0.05) is 21.8 Å². The second-order valence-electron chi connectivity index (χ2n) is 4.16. The molecule has 1 atom stereocenters. The lowest BCUT2D eigenvalue weighted by molar-refractivity contribution is 0.566. The van der Waals surface area contributed by atoms with Gasteiger partial charge in [-0.05, 0) is 47.1 Å². The smallest absolute Gasteiger partial charge is 0.131 e. The minimum absolute atomic E-state index is 0.284. The van der Waals surface area contributed by atoms with Crippen LogP contribution < -0.4 is 5.32 Å². The Morgan fingerprint density at radius 2 is 1.89 bits per heavy atom. The molecule has 1 N–H and O–H groups in total. The Labute approximate surface area is 123 Å². The van der Waals surface area contributed by atoms with Crippen molar-refractivity contribution < 1.29 is 8.78 Å². The summed E-state index contributed by atoms with van der Waals surface area (Å²) >= 11 is 9.22. The molecular formula is C14H11BrClF2N. The molecule has 0 aromatic heterocycles. The maximum atomic E-state index is 13.6. The SMILES string of the molecule is CC(Nc1ccc(Cl)c(Br)c1)c1ccc(F)cc1F. The van der Waals surface area contributed by atoms with E-state index in [1.165, 1.54) is 12.1 Å². The van der Waals surface area contributed by atoms with Crippen LogP contribution in [0.2, 0.25) is 5.02 Å². The van der Waals surface area contributed by atoms with Crippen molar-refractivity contribution in [2.45, 2.75) is 13.0 Å². The predicted octanol–water partition coefficient (Wildman–Crippen LogP) is 5.55. The molecule has 0 radical (unpaired) electrons. The van der Waals surface area contributed by atoms with Gasteiger partial charge < -0.3 is 5.32 Å². The second-order valence-corrected chi connectivity index (χ2v) is 5.42. The van der Waals surface area contributed by atoms with Crippen LogP contribution >= 0.6 is 27.5 Å². The van der Waals surface area contributed by atoms with Crippen molar-refractivity contribution in [1.29, 1.82) is 0 Å². The van der Waals surface area contributed by atoms with Crippen molar-refractivity contribution in [3.63, 3.8) is 0 Å². The van der Waals surface area contributed by atoms with Gasteiger partial charge in [-0.1, -0.05) is 17.7 Å². The van der Waals surface area contributed by atoms with Crippen LogP contribution in [0.3, 0.4) is 0 Å². The Hall–Kier alpha value is -1.13. The molecule has 1 nitrogen and oxygen atoms in total. The molecule has 0 aliphatic carbocycles. The summed E-state index contributed by atoms with van der Waals surface area (Å²) in [7, 11) is 0. The summed E-state index contributed by atoms with van der Waals surface area (Å²) in [6, 6.07) is 8.62. The van der Waals surface area contributed by atoms with E-state index in [0.29, 0.717) is 10.6 Å². The Balaban J connectivity index is 2.20. The van der Waals surface area contributed by atoms with Crippen molar-refractivity contribution in [2.75, 3.05) is 5.32 Å². The molecule has 0 heterocycles. The lowest BCUT2D eigenvalue weighted by Gasteiger charge is -2.17. The van der Waals surface area contributed by atoms with Gasteiger partial charge in [-0.15, -0.1) is 0 Å². The summed E-state index contributed by atoms with van der Waals surface area (Å²) in [5.41, 5.74) is 1.21.